The molecule has 0 saturated heterocycles. The predicted octanol–water partition coefficient (Wildman–Crippen LogP) is 5.49. The number of fused-ring (bicyclic) bond motifs is 1. The summed E-state index contributed by atoms with van der Waals surface area (Å²) in [4.78, 5) is 17.2. The molecular formula is C24H21NO3. The van der Waals surface area contributed by atoms with Gasteiger partial charge in [0.05, 0.1) is 7.11 Å². The van der Waals surface area contributed by atoms with Crippen molar-refractivity contribution in [2.75, 3.05) is 7.11 Å². The first-order valence-electron chi connectivity index (χ1n) is 9.32. The van der Waals surface area contributed by atoms with E-state index in [9.17, 15) is 4.79 Å². The lowest BCUT2D eigenvalue weighted by Crippen LogP contribution is -2.03. The van der Waals surface area contributed by atoms with Crippen LogP contribution in [0.3, 0.4) is 0 Å². The Balaban J connectivity index is 1.58. The summed E-state index contributed by atoms with van der Waals surface area (Å²) in [5.74, 6) is 1.31. The number of hydrogen-bond acceptors (Lipinski definition) is 4. The monoisotopic (exact) mass is 371 g/mol. The Morgan fingerprint density at radius 3 is 2.54 bits per heavy atom. The molecule has 0 spiro atoms. The van der Waals surface area contributed by atoms with Crippen LogP contribution in [-0.2, 0) is 12.8 Å². The molecule has 1 aromatic heterocycles. The summed E-state index contributed by atoms with van der Waals surface area (Å²) < 4.78 is 11.1. The highest BCUT2D eigenvalue weighted by atomic mass is 16.5. The van der Waals surface area contributed by atoms with Crippen LogP contribution in [0, 0.1) is 0 Å². The van der Waals surface area contributed by atoms with E-state index in [1.807, 2.05) is 42.5 Å². The van der Waals surface area contributed by atoms with Crippen molar-refractivity contribution in [1.82, 2.24) is 4.98 Å². The molecular weight excluding hydrogens is 350 g/mol. The molecule has 140 valence electrons. The Bertz CT molecular complexity index is 1130. The van der Waals surface area contributed by atoms with E-state index in [4.69, 9.17) is 9.15 Å². The van der Waals surface area contributed by atoms with Crippen LogP contribution in [0.4, 0.5) is 0 Å². The molecule has 0 bridgehead atoms. The van der Waals surface area contributed by atoms with Crippen LogP contribution in [0.1, 0.15) is 28.4 Å². The minimum atomic E-state index is 0.0390. The van der Waals surface area contributed by atoms with E-state index in [1.165, 1.54) is 5.56 Å². The second kappa shape index (κ2) is 7.69. The van der Waals surface area contributed by atoms with E-state index in [1.54, 1.807) is 19.2 Å². The van der Waals surface area contributed by atoms with Gasteiger partial charge in [0.2, 0.25) is 5.89 Å². The highest BCUT2D eigenvalue weighted by Gasteiger charge is 2.12. The molecule has 1 heterocycles. The SMILES string of the molecule is CCc1ccc(-c2nc3cc(CC(=O)c4cccc(OC)c4)ccc3o2)cc1. The zero-order valence-corrected chi connectivity index (χ0v) is 15.9. The summed E-state index contributed by atoms with van der Waals surface area (Å²) in [6, 6.07) is 21.1. The number of ketones is 1. The molecule has 0 atom stereocenters. The van der Waals surface area contributed by atoms with Crippen molar-refractivity contribution in [2.45, 2.75) is 19.8 Å². The second-order valence-corrected chi connectivity index (χ2v) is 6.70. The fraction of sp³-hybridized carbons (Fsp3) is 0.167. The van der Waals surface area contributed by atoms with Gasteiger partial charge in [-0.2, -0.15) is 0 Å². The highest BCUT2D eigenvalue weighted by Crippen LogP contribution is 2.26. The smallest absolute Gasteiger partial charge is 0.227 e. The summed E-state index contributed by atoms with van der Waals surface area (Å²) >= 11 is 0. The molecule has 0 amide bonds. The van der Waals surface area contributed by atoms with Crippen molar-refractivity contribution in [2.24, 2.45) is 0 Å². The number of methoxy groups -OCH3 is 1. The number of carbonyl (C=O) groups excluding carboxylic acids is 1. The average Bonchev–Trinajstić information content (AvgIpc) is 3.17. The van der Waals surface area contributed by atoms with Crippen molar-refractivity contribution in [1.29, 1.82) is 0 Å². The number of nitrogens with zero attached hydrogens (tertiary/aromatic N) is 1. The van der Waals surface area contributed by atoms with Crippen molar-refractivity contribution in [3.8, 4) is 17.2 Å². The first-order chi connectivity index (χ1) is 13.7. The Labute approximate surface area is 163 Å². The van der Waals surface area contributed by atoms with Gasteiger partial charge in [0.15, 0.2) is 11.4 Å². The predicted molar refractivity (Wildman–Crippen MR) is 110 cm³/mol. The summed E-state index contributed by atoms with van der Waals surface area (Å²) in [5, 5.41) is 0. The Morgan fingerprint density at radius 2 is 1.79 bits per heavy atom. The minimum Gasteiger partial charge on any atom is -0.497 e. The fourth-order valence-corrected chi connectivity index (χ4v) is 3.17. The molecule has 0 saturated carbocycles. The molecule has 4 aromatic rings. The summed E-state index contributed by atoms with van der Waals surface area (Å²) in [7, 11) is 1.59. The van der Waals surface area contributed by atoms with Gasteiger partial charge in [0, 0.05) is 17.5 Å². The van der Waals surface area contributed by atoms with Gasteiger partial charge in [-0.15, -0.1) is 0 Å². The third kappa shape index (κ3) is 3.67. The van der Waals surface area contributed by atoms with Crippen LogP contribution in [0.25, 0.3) is 22.6 Å². The van der Waals surface area contributed by atoms with Crippen LogP contribution >= 0.6 is 0 Å². The molecule has 4 heteroatoms. The van der Waals surface area contributed by atoms with E-state index < -0.39 is 0 Å². The number of aryl methyl sites for hydroxylation is 1. The van der Waals surface area contributed by atoms with Gasteiger partial charge in [-0.05, 0) is 53.9 Å². The number of benzene rings is 3. The normalized spacial score (nSPS) is 10.9. The van der Waals surface area contributed by atoms with Crippen molar-refractivity contribution in [3.05, 3.63) is 83.4 Å². The van der Waals surface area contributed by atoms with E-state index in [-0.39, 0.29) is 5.78 Å². The molecule has 4 rings (SSSR count). The number of Topliss-reactive ketones (excluding diaryl/α,β-unsaturated/α-hetero) is 1. The summed E-state index contributed by atoms with van der Waals surface area (Å²) in [6.07, 6.45) is 1.30. The van der Waals surface area contributed by atoms with Crippen LogP contribution in [0.15, 0.2) is 71.1 Å². The highest BCUT2D eigenvalue weighted by molar-refractivity contribution is 5.98. The Morgan fingerprint density at radius 1 is 1.00 bits per heavy atom. The van der Waals surface area contributed by atoms with E-state index >= 15 is 0 Å². The number of rotatable bonds is 6. The number of ether oxygens (including phenoxy) is 1. The number of aromatic nitrogens is 1. The zero-order chi connectivity index (χ0) is 19.5. The lowest BCUT2D eigenvalue weighted by Gasteiger charge is -2.04. The van der Waals surface area contributed by atoms with Gasteiger partial charge >= 0.3 is 0 Å². The van der Waals surface area contributed by atoms with Crippen molar-refractivity contribution < 1.29 is 13.9 Å². The lowest BCUT2D eigenvalue weighted by molar-refractivity contribution is 0.0992. The molecule has 0 fully saturated rings. The zero-order valence-electron chi connectivity index (χ0n) is 15.9. The molecule has 0 aliphatic rings. The molecule has 28 heavy (non-hydrogen) atoms. The van der Waals surface area contributed by atoms with Crippen LogP contribution in [0.5, 0.6) is 5.75 Å². The topological polar surface area (TPSA) is 52.3 Å². The third-order valence-electron chi connectivity index (χ3n) is 4.82. The van der Waals surface area contributed by atoms with Crippen LogP contribution in [0.2, 0.25) is 0 Å². The average molecular weight is 371 g/mol. The maximum atomic E-state index is 12.6. The van der Waals surface area contributed by atoms with E-state index in [0.29, 0.717) is 29.2 Å². The maximum absolute atomic E-state index is 12.6. The molecule has 0 aliphatic carbocycles. The van der Waals surface area contributed by atoms with Crippen LogP contribution in [-0.4, -0.2) is 17.9 Å². The number of carbonyl (C=O) groups is 1. The quantitative estimate of drug-likeness (QED) is 0.421. The third-order valence-corrected chi connectivity index (χ3v) is 4.82. The Kier molecular flexibility index (Phi) is 4.94. The lowest BCUT2D eigenvalue weighted by atomic mass is 10.0. The fourth-order valence-electron chi connectivity index (χ4n) is 3.17. The molecule has 0 aliphatic heterocycles. The van der Waals surface area contributed by atoms with E-state index in [0.717, 1.165) is 23.1 Å². The first-order valence-corrected chi connectivity index (χ1v) is 9.32. The maximum Gasteiger partial charge on any atom is 0.227 e. The molecule has 3 aromatic carbocycles. The van der Waals surface area contributed by atoms with Gasteiger partial charge < -0.3 is 9.15 Å². The largest absolute Gasteiger partial charge is 0.497 e. The van der Waals surface area contributed by atoms with Gasteiger partial charge in [-0.25, -0.2) is 4.98 Å². The number of oxazole rings is 1. The number of hydrogen-bond donors (Lipinski definition) is 0. The molecule has 0 unspecified atom stereocenters. The second-order valence-electron chi connectivity index (χ2n) is 6.70. The summed E-state index contributed by atoms with van der Waals surface area (Å²) in [5.41, 5.74) is 5.23. The summed E-state index contributed by atoms with van der Waals surface area (Å²) in [6.45, 7) is 2.13. The molecule has 0 radical (unpaired) electrons. The molecule has 0 N–H and O–H groups in total. The van der Waals surface area contributed by atoms with Crippen molar-refractivity contribution in [3.63, 3.8) is 0 Å². The van der Waals surface area contributed by atoms with Gasteiger partial charge in [0.1, 0.15) is 11.3 Å². The van der Waals surface area contributed by atoms with E-state index in [2.05, 4.69) is 24.0 Å². The van der Waals surface area contributed by atoms with Gasteiger partial charge in [0.25, 0.3) is 0 Å². The van der Waals surface area contributed by atoms with Gasteiger partial charge in [-0.3, -0.25) is 4.79 Å². The minimum absolute atomic E-state index is 0.0390. The van der Waals surface area contributed by atoms with Gasteiger partial charge in [-0.1, -0.05) is 37.3 Å². The Hall–Kier alpha value is -3.40. The van der Waals surface area contributed by atoms with Crippen LogP contribution < -0.4 is 4.74 Å². The first kappa shape index (κ1) is 18.0. The van der Waals surface area contributed by atoms with Crippen molar-refractivity contribution >= 4 is 16.9 Å². The molecule has 4 nitrogen and oxygen atoms in total. The standard InChI is InChI=1S/C24H21NO3/c1-3-16-7-10-18(11-8-16)24-25-21-13-17(9-12-23(21)28-24)14-22(26)19-5-4-6-20(15-19)27-2/h4-13,15H,3,14H2,1-2H3.